The van der Waals surface area contributed by atoms with Gasteiger partial charge in [0.25, 0.3) is 0 Å². The Hall–Kier alpha value is -0.800. The molecule has 2 heterocycles. The van der Waals surface area contributed by atoms with Gasteiger partial charge in [-0.25, -0.2) is 0 Å². The molecule has 0 spiro atoms. The molecule has 3 nitrogen and oxygen atoms in total. The number of hydrogen-bond donors (Lipinski definition) is 3. The Morgan fingerprint density at radius 1 is 1.46 bits per heavy atom. The molecule has 0 unspecified atom stereocenters. The smallest absolute Gasteiger partial charge is 0.118 e. The molecule has 3 heteroatoms. The van der Waals surface area contributed by atoms with Gasteiger partial charge in [0.05, 0.1) is 24.9 Å². The Labute approximate surface area is 78.4 Å². The fourth-order valence-electron chi connectivity index (χ4n) is 1.93. The number of rotatable bonds is 2. The van der Waals surface area contributed by atoms with Crippen LogP contribution in [0.15, 0.2) is 18.3 Å². The van der Waals surface area contributed by atoms with Crippen LogP contribution >= 0.6 is 0 Å². The van der Waals surface area contributed by atoms with Crippen molar-refractivity contribution < 1.29 is 10.0 Å². The zero-order chi connectivity index (χ0) is 9.10. The molecule has 1 fully saturated rings. The van der Waals surface area contributed by atoms with Crippen molar-refractivity contribution in [3.8, 4) is 0 Å². The maximum Gasteiger partial charge on any atom is 0.118 e. The molecular weight excluding hydrogens is 164 g/mol. The van der Waals surface area contributed by atoms with E-state index in [2.05, 4.69) is 11.1 Å². The van der Waals surface area contributed by atoms with Gasteiger partial charge >= 0.3 is 0 Å². The zero-order valence-electron chi connectivity index (χ0n) is 7.79. The number of H-pyrrole nitrogens is 1. The molecule has 72 valence electrons. The van der Waals surface area contributed by atoms with Crippen molar-refractivity contribution in [3.05, 3.63) is 24.0 Å². The number of aromatic amines is 1. The summed E-state index contributed by atoms with van der Waals surface area (Å²) in [6.45, 7) is 3.26. The van der Waals surface area contributed by atoms with Crippen molar-refractivity contribution in [2.75, 3.05) is 13.1 Å². The lowest BCUT2D eigenvalue weighted by atomic mass is 10.1. The predicted molar refractivity (Wildman–Crippen MR) is 50.4 cm³/mol. The van der Waals surface area contributed by atoms with Crippen molar-refractivity contribution in [3.63, 3.8) is 0 Å². The molecule has 0 atom stereocenters. The Morgan fingerprint density at radius 3 is 2.85 bits per heavy atom. The minimum Gasteiger partial charge on any atom is -0.393 e. The van der Waals surface area contributed by atoms with E-state index in [9.17, 15) is 5.11 Å². The van der Waals surface area contributed by atoms with Gasteiger partial charge in [0.15, 0.2) is 0 Å². The third-order valence-corrected chi connectivity index (χ3v) is 2.77. The SMILES string of the molecule is OC1CC[NH+](Cc2ccc[nH]2)CC1. The van der Waals surface area contributed by atoms with Gasteiger partial charge in [-0.05, 0) is 12.1 Å². The Balaban J connectivity index is 1.83. The third kappa shape index (κ3) is 2.32. The van der Waals surface area contributed by atoms with Crippen molar-refractivity contribution in [1.29, 1.82) is 0 Å². The molecule has 2 rings (SSSR count). The van der Waals surface area contributed by atoms with Crippen LogP contribution in [0.4, 0.5) is 0 Å². The largest absolute Gasteiger partial charge is 0.393 e. The van der Waals surface area contributed by atoms with E-state index < -0.39 is 0 Å². The molecule has 0 radical (unpaired) electrons. The van der Waals surface area contributed by atoms with Gasteiger partial charge in [-0.15, -0.1) is 0 Å². The van der Waals surface area contributed by atoms with Gasteiger partial charge in [-0.1, -0.05) is 0 Å². The topological polar surface area (TPSA) is 40.5 Å². The molecule has 0 aliphatic carbocycles. The molecule has 1 aromatic heterocycles. The summed E-state index contributed by atoms with van der Waals surface area (Å²) in [4.78, 5) is 4.79. The lowest BCUT2D eigenvalue weighted by Crippen LogP contribution is -3.12. The molecular formula is C10H17N2O+. The van der Waals surface area contributed by atoms with Crippen LogP contribution in [-0.2, 0) is 6.54 Å². The summed E-state index contributed by atoms with van der Waals surface area (Å²) in [6, 6.07) is 4.16. The van der Waals surface area contributed by atoms with Gasteiger partial charge in [0.1, 0.15) is 6.54 Å². The molecule has 0 bridgehead atoms. The number of nitrogens with one attached hydrogen (secondary N) is 2. The zero-order valence-corrected chi connectivity index (χ0v) is 7.79. The van der Waals surface area contributed by atoms with Crippen LogP contribution in [0.1, 0.15) is 18.5 Å². The summed E-state index contributed by atoms with van der Waals surface area (Å²) < 4.78 is 0. The molecule has 1 saturated heterocycles. The number of aliphatic hydroxyl groups is 1. The van der Waals surface area contributed by atoms with E-state index in [1.54, 1.807) is 4.90 Å². The lowest BCUT2D eigenvalue weighted by molar-refractivity contribution is -0.919. The van der Waals surface area contributed by atoms with Gasteiger partial charge in [-0.2, -0.15) is 0 Å². The van der Waals surface area contributed by atoms with E-state index >= 15 is 0 Å². The average Bonchev–Trinajstić information content (AvgIpc) is 2.62. The lowest BCUT2D eigenvalue weighted by Gasteiger charge is -2.26. The quantitative estimate of drug-likeness (QED) is 0.568. The summed E-state index contributed by atoms with van der Waals surface area (Å²) >= 11 is 0. The summed E-state index contributed by atoms with van der Waals surface area (Å²) in [5, 5.41) is 9.33. The van der Waals surface area contributed by atoms with Crippen LogP contribution in [0.3, 0.4) is 0 Å². The van der Waals surface area contributed by atoms with Crippen molar-refractivity contribution in [2.24, 2.45) is 0 Å². The first-order valence-electron chi connectivity index (χ1n) is 4.98. The normalized spacial score (nSPS) is 29.0. The maximum absolute atomic E-state index is 9.33. The van der Waals surface area contributed by atoms with Gasteiger partial charge in [0, 0.05) is 19.0 Å². The number of aromatic nitrogens is 1. The molecule has 1 aliphatic heterocycles. The molecule has 0 saturated carbocycles. The molecule has 0 amide bonds. The first-order valence-corrected chi connectivity index (χ1v) is 4.98. The molecule has 13 heavy (non-hydrogen) atoms. The van der Waals surface area contributed by atoms with Gasteiger partial charge < -0.3 is 15.0 Å². The highest BCUT2D eigenvalue weighted by atomic mass is 16.3. The Bertz CT molecular complexity index is 237. The van der Waals surface area contributed by atoms with Gasteiger partial charge in [-0.3, -0.25) is 0 Å². The van der Waals surface area contributed by atoms with Gasteiger partial charge in [0.2, 0.25) is 0 Å². The Morgan fingerprint density at radius 2 is 2.23 bits per heavy atom. The highest BCUT2D eigenvalue weighted by molar-refractivity contribution is 5.01. The monoisotopic (exact) mass is 181 g/mol. The second kappa shape index (κ2) is 3.94. The first kappa shape index (κ1) is 8.78. The van der Waals surface area contributed by atoms with Crippen molar-refractivity contribution >= 4 is 0 Å². The van der Waals surface area contributed by atoms with E-state index in [4.69, 9.17) is 0 Å². The fourth-order valence-corrected chi connectivity index (χ4v) is 1.93. The van der Waals surface area contributed by atoms with E-state index in [0.717, 1.165) is 32.5 Å². The number of hydrogen-bond acceptors (Lipinski definition) is 1. The number of piperidine rings is 1. The Kier molecular flexibility index (Phi) is 2.66. The molecule has 1 aliphatic rings. The van der Waals surface area contributed by atoms with Crippen LogP contribution in [0.25, 0.3) is 0 Å². The molecule has 1 aromatic rings. The maximum atomic E-state index is 9.33. The number of likely N-dealkylation sites (tertiary alicyclic amines) is 1. The number of quaternary nitrogens is 1. The summed E-state index contributed by atoms with van der Waals surface area (Å²) in [5.41, 5.74) is 1.30. The highest BCUT2D eigenvalue weighted by Crippen LogP contribution is 1.99. The van der Waals surface area contributed by atoms with Crippen LogP contribution in [0.5, 0.6) is 0 Å². The van der Waals surface area contributed by atoms with Crippen LogP contribution in [-0.4, -0.2) is 29.3 Å². The van der Waals surface area contributed by atoms with E-state index in [1.807, 2.05) is 12.3 Å². The number of aliphatic hydroxyl groups excluding tert-OH is 1. The summed E-state index contributed by atoms with van der Waals surface area (Å²) in [7, 11) is 0. The second-order valence-electron chi connectivity index (χ2n) is 3.85. The predicted octanol–water partition coefficient (Wildman–Crippen LogP) is -0.446. The standard InChI is InChI=1S/C10H16N2O/c13-10-3-6-12(7-4-10)8-9-2-1-5-11-9/h1-2,5,10-11,13H,3-4,6-8H2/p+1. The van der Waals surface area contributed by atoms with E-state index in [-0.39, 0.29) is 6.10 Å². The van der Waals surface area contributed by atoms with E-state index in [1.165, 1.54) is 5.69 Å². The van der Waals surface area contributed by atoms with Crippen molar-refractivity contribution in [2.45, 2.75) is 25.5 Å². The molecule has 0 aromatic carbocycles. The van der Waals surface area contributed by atoms with Crippen molar-refractivity contribution in [1.82, 2.24) is 4.98 Å². The van der Waals surface area contributed by atoms with Crippen LogP contribution in [0, 0.1) is 0 Å². The first-order chi connectivity index (χ1) is 6.34. The highest BCUT2D eigenvalue weighted by Gasteiger charge is 2.19. The minimum atomic E-state index is -0.0487. The third-order valence-electron chi connectivity index (χ3n) is 2.77. The van der Waals surface area contributed by atoms with E-state index in [0.29, 0.717) is 0 Å². The van der Waals surface area contributed by atoms with Crippen LogP contribution in [0.2, 0.25) is 0 Å². The second-order valence-corrected chi connectivity index (χ2v) is 3.85. The average molecular weight is 181 g/mol. The fraction of sp³-hybridized carbons (Fsp3) is 0.600. The van der Waals surface area contributed by atoms with Crippen LogP contribution < -0.4 is 4.90 Å². The molecule has 3 N–H and O–H groups in total. The summed E-state index contributed by atoms with van der Waals surface area (Å²) in [6.07, 6.45) is 3.83. The minimum absolute atomic E-state index is 0.0487. The summed E-state index contributed by atoms with van der Waals surface area (Å²) in [5.74, 6) is 0.